The third-order valence-corrected chi connectivity index (χ3v) is 4.69. The van der Waals surface area contributed by atoms with Gasteiger partial charge in [-0.3, -0.25) is 0 Å². The van der Waals surface area contributed by atoms with E-state index >= 15 is 0 Å². The van der Waals surface area contributed by atoms with Gasteiger partial charge in [0.1, 0.15) is 6.61 Å². The molecule has 1 atom stereocenters. The van der Waals surface area contributed by atoms with E-state index in [4.69, 9.17) is 14.2 Å². The molecule has 31 heavy (non-hydrogen) atoms. The summed E-state index contributed by atoms with van der Waals surface area (Å²) < 4.78 is 44.0. The SMILES string of the molecule is CCC(F)(F)CC(CCOCCOCc1ccccc1)NC(=O)OCc1ccccc1. The number of rotatable bonds is 14. The molecule has 1 N–H and O–H groups in total. The first-order valence-corrected chi connectivity index (χ1v) is 10.5. The molecule has 0 aromatic heterocycles. The average Bonchev–Trinajstić information content (AvgIpc) is 2.78. The average molecular weight is 436 g/mol. The first-order chi connectivity index (χ1) is 15.0. The van der Waals surface area contributed by atoms with E-state index in [2.05, 4.69) is 5.32 Å². The highest BCUT2D eigenvalue weighted by Crippen LogP contribution is 2.25. The lowest BCUT2D eigenvalue weighted by atomic mass is 10.0. The minimum absolute atomic E-state index is 0.0822. The maximum Gasteiger partial charge on any atom is 0.407 e. The van der Waals surface area contributed by atoms with Crippen molar-refractivity contribution in [2.75, 3.05) is 19.8 Å². The van der Waals surface area contributed by atoms with Crippen LogP contribution in [0.4, 0.5) is 13.6 Å². The van der Waals surface area contributed by atoms with E-state index in [0.717, 1.165) is 11.1 Å². The van der Waals surface area contributed by atoms with Gasteiger partial charge in [0.05, 0.1) is 19.8 Å². The molecule has 0 heterocycles. The standard InChI is InChI=1S/C24H31F2NO4/c1-2-24(25,26)17-22(27-23(28)31-19-21-11-7-4-8-12-21)13-14-29-15-16-30-18-20-9-5-3-6-10-20/h3-12,22H,2,13-19H2,1H3,(H,27,28). The number of hydrogen-bond acceptors (Lipinski definition) is 4. The van der Waals surface area contributed by atoms with Crippen LogP contribution in [0, 0.1) is 0 Å². The van der Waals surface area contributed by atoms with Crippen LogP contribution < -0.4 is 5.32 Å². The Morgan fingerprint density at radius 2 is 1.48 bits per heavy atom. The fourth-order valence-electron chi connectivity index (χ4n) is 2.87. The molecule has 2 aromatic carbocycles. The van der Waals surface area contributed by atoms with Crippen molar-refractivity contribution in [3.8, 4) is 0 Å². The fraction of sp³-hybridized carbons (Fsp3) is 0.458. The Hall–Kier alpha value is -2.51. The summed E-state index contributed by atoms with van der Waals surface area (Å²) >= 11 is 0. The molecule has 1 amide bonds. The van der Waals surface area contributed by atoms with Crippen molar-refractivity contribution < 1.29 is 27.8 Å². The first kappa shape index (κ1) is 24.8. The van der Waals surface area contributed by atoms with E-state index in [1.807, 2.05) is 60.7 Å². The Balaban J connectivity index is 1.68. The number of hydrogen-bond donors (Lipinski definition) is 1. The summed E-state index contributed by atoms with van der Waals surface area (Å²) in [4.78, 5) is 12.1. The number of carbonyl (C=O) groups excluding carboxylic acids is 1. The highest BCUT2D eigenvalue weighted by Gasteiger charge is 2.31. The number of amides is 1. The van der Waals surface area contributed by atoms with Gasteiger partial charge in [0.2, 0.25) is 5.92 Å². The van der Waals surface area contributed by atoms with E-state index in [-0.39, 0.29) is 26.1 Å². The number of ether oxygens (including phenoxy) is 3. The second kappa shape index (κ2) is 13.7. The zero-order valence-electron chi connectivity index (χ0n) is 17.9. The Kier molecular flexibility index (Phi) is 11.0. The Bertz CT molecular complexity index is 744. The van der Waals surface area contributed by atoms with Crippen molar-refractivity contribution in [2.45, 2.75) is 51.4 Å². The zero-order chi connectivity index (χ0) is 22.4. The molecular weight excluding hydrogens is 404 g/mol. The summed E-state index contributed by atoms with van der Waals surface area (Å²) in [5.74, 6) is -2.86. The molecule has 7 heteroatoms. The normalized spacial score (nSPS) is 12.4. The number of nitrogens with one attached hydrogen (secondary N) is 1. The van der Waals surface area contributed by atoms with Gasteiger partial charge in [-0.2, -0.15) is 0 Å². The molecule has 170 valence electrons. The molecule has 0 saturated heterocycles. The Morgan fingerprint density at radius 3 is 2.10 bits per heavy atom. The highest BCUT2D eigenvalue weighted by atomic mass is 19.3. The predicted octanol–water partition coefficient (Wildman–Crippen LogP) is 5.34. The molecule has 1 unspecified atom stereocenters. The van der Waals surface area contributed by atoms with Crippen molar-refractivity contribution in [3.63, 3.8) is 0 Å². The monoisotopic (exact) mass is 435 g/mol. The van der Waals surface area contributed by atoms with Crippen molar-refractivity contribution in [3.05, 3.63) is 71.8 Å². The highest BCUT2D eigenvalue weighted by molar-refractivity contribution is 5.67. The summed E-state index contributed by atoms with van der Waals surface area (Å²) in [5, 5.41) is 2.55. The molecule has 0 aliphatic carbocycles. The van der Waals surface area contributed by atoms with Crippen LogP contribution in [-0.2, 0) is 27.4 Å². The zero-order valence-corrected chi connectivity index (χ0v) is 17.9. The Labute approximate surface area is 182 Å². The number of alkyl halides is 2. The van der Waals surface area contributed by atoms with Crippen LogP contribution >= 0.6 is 0 Å². The van der Waals surface area contributed by atoms with E-state index in [9.17, 15) is 13.6 Å². The number of carbonyl (C=O) groups is 1. The van der Waals surface area contributed by atoms with Crippen LogP contribution in [0.1, 0.15) is 37.3 Å². The number of benzene rings is 2. The second-order valence-electron chi connectivity index (χ2n) is 7.26. The van der Waals surface area contributed by atoms with E-state index < -0.39 is 24.5 Å². The largest absolute Gasteiger partial charge is 0.445 e. The van der Waals surface area contributed by atoms with Crippen molar-refractivity contribution in [1.82, 2.24) is 5.32 Å². The lowest BCUT2D eigenvalue weighted by Gasteiger charge is -2.23. The van der Waals surface area contributed by atoms with Gasteiger partial charge in [-0.1, -0.05) is 67.6 Å². The first-order valence-electron chi connectivity index (χ1n) is 10.5. The molecule has 0 fully saturated rings. The van der Waals surface area contributed by atoms with Crippen molar-refractivity contribution in [1.29, 1.82) is 0 Å². The van der Waals surface area contributed by atoms with Gasteiger partial charge in [0.15, 0.2) is 0 Å². The molecule has 0 bridgehead atoms. The molecule has 0 aliphatic heterocycles. The summed E-state index contributed by atoms with van der Waals surface area (Å²) in [6.07, 6.45) is -1.21. The lowest BCUT2D eigenvalue weighted by molar-refractivity contribution is -0.0250. The van der Waals surface area contributed by atoms with Gasteiger partial charge in [0, 0.05) is 25.5 Å². The minimum Gasteiger partial charge on any atom is -0.445 e. The fourth-order valence-corrected chi connectivity index (χ4v) is 2.87. The second-order valence-corrected chi connectivity index (χ2v) is 7.26. The summed E-state index contributed by atoms with van der Waals surface area (Å²) in [6.45, 7) is 2.98. The van der Waals surface area contributed by atoms with Crippen LogP contribution in [0.25, 0.3) is 0 Å². The molecular formula is C24H31F2NO4. The molecule has 5 nitrogen and oxygen atoms in total. The number of halogens is 2. The maximum absolute atomic E-state index is 13.9. The van der Waals surface area contributed by atoms with Crippen LogP contribution in [0.15, 0.2) is 60.7 Å². The topological polar surface area (TPSA) is 56.8 Å². The molecule has 0 radical (unpaired) electrons. The minimum atomic E-state index is -2.86. The van der Waals surface area contributed by atoms with Crippen molar-refractivity contribution >= 4 is 6.09 Å². The predicted molar refractivity (Wildman–Crippen MR) is 115 cm³/mol. The third kappa shape index (κ3) is 10.9. The van der Waals surface area contributed by atoms with E-state index in [1.165, 1.54) is 6.92 Å². The van der Waals surface area contributed by atoms with Gasteiger partial charge >= 0.3 is 6.09 Å². The van der Waals surface area contributed by atoms with Gasteiger partial charge < -0.3 is 19.5 Å². The van der Waals surface area contributed by atoms with Gasteiger partial charge in [-0.15, -0.1) is 0 Å². The summed E-state index contributed by atoms with van der Waals surface area (Å²) in [7, 11) is 0. The maximum atomic E-state index is 13.9. The molecule has 2 rings (SSSR count). The van der Waals surface area contributed by atoms with Gasteiger partial charge in [0.25, 0.3) is 0 Å². The van der Waals surface area contributed by atoms with Gasteiger partial charge in [-0.05, 0) is 17.5 Å². The lowest BCUT2D eigenvalue weighted by Crippen LogP contribution is -2.40. The molecule has 0 saturated carbocycles. The van der Waals surface area contributed by atoms with Crippen molar-refractivity contribution in [2.24, 2.45) is 0 Å². The molecule has 2 aromatic rings. The molecule has 0 aliphatic rings. The summed E-state index contributed by atoms with van der Waals surface area (Å²) in [5.41, 5.74) is 1.90. The van der Waals surface area contributed by atoms with Crippen LogP contribution in [-0.4, -0.2) is 37.9 Å². The summed E-state index contributed by atoms with van der Waals surface area (Å²) in [6, 6.07) is 18.2. The smallest absolute Gasteiger partial charge is 0.407 e. The third-order valence-electron chi connectivity index (χ3n) is 4.69. The Morgan fingerprint density at radius 1 is 0.903 bits per heavy atom. The van der Waals surface area contributed by atoms with Crippen LogP contribution in [0.3, 0.4) is 0 Å². The van der Waals surface area contributed by atoms with Crippen LogP contribution in [0.2, 0.25) is 0 Å². The van der Waals surface area contributed by atoms with E-state index in [1.54, 1.807) is 0 Å². The molecule has 0 spiro atoms. The quantitative estimate of drug-likeness (QED) is 0.407. The van der Waals surface area contributed by atoms with Gasteiger partial charge in [-0.25, -0.2) is 13.6 Å². The van der Waals surface area contributed by atoms with E-state index in [0.29, 0.717) is 19.8 Å². The number of alkyl carbamates (subject to hydrolysis) is 1. The van der Waals surface area contributed by atoms with Crippen LogP contribution in [0.5, 0.6) is 0 Å².